The van der Waals surface area contributed by atoms with Crippen LogP contribution in [0, 0.1) is 12.8 Å². The predicted octanol–water partition coefficient (Wildman–Crippen LogP) is 3.07. The van der Waals surface area contributed by atoms with Crippen molar-refractivity contribution in [2.45, 2.75) is 45.6 Å². The second-order valence-electron chi connectivity index (χ2n) is 5.90. The molecular weight excluding hydrogens is 280 g/mol. The van der Waals surface area contributed by atoms with E-state index in [1.54, 1.807) is 0 Å². The van der Waals surface area contributed by atoms with Crippen molar-refractivity contribution in [3.05, 3.63) is 23.8 Å². The van der Waals surface area contributed by atoms with Crippen LogP contribution in [0.2, 0.25) is 0 Å². The highest BCUT2D eigenvalue weighted by Crippen LogP contribution is 2.25. The lowest BCUT2D eigenvalue weighted by Gasteiger charge is -2.20. The van der Waals surface area contributed by atoms with Crippen molar-refractivity contribution < 1.29 is 14.6 Å². The highest BCUT2D eigenvalue weighted by Gasteiger charge is 2.27. The van der Waals surface area contributed by atoms with E-state index in [2.05, 4.69) is 17.6 Å². The highest BCUT2D eigenvalue weighted by molar-refractivity contribution is 5.90. The molecule has 5 heteroatoms. The number of aliphatic hydroxyl groups is 1. The van der Waals surface area contributed by atoms with Crippen LogP contribution in [0.25, 0.3) is 0 Å². The Morgan fingerprint density at radius 3 is 2.91 bits per heavy atom. The summed E-state index contributed by atoms with van der Waals surface area (Å²) in [6.07, 6.45) is 3.93. The first kappa shape index (κ1) is 16.6. The Morgan fingerprint density at radius 2 is 2.23 bits per heavy atom. The molecule has 1 aliphatic carbocycles. The van der Waals surface area contributed by atoms with E-state index in [1.807, 2.05) is 25.1 Å². The first-order valence-corrected chi connectivity index (χ1v) is 8.06. The molecule has 22 heavy (non-hydrogen) atoms. The number of amides is 2. The van der Waals surface area contributed by atoms with Gasteiger partial charge in [0.25, 0.3) is 0 Å². The molecule has 2 unspecified atom stereocenters. The average Bonchev–Trinajstić information content (AvgIpc) is 2.94. The zero-order valence-electron chi connectivity index (χ0n) is 13.4. The third kappa shape index (κ3) is 4.37. The van der Waals surface area contributed by atoms with Crippen molar-refractivity contribution in [3.63, 3.8) is 0 Å². The van der Waals surface area contributed by atoms with Gasteiger partial charge in [-0.25, -0.2) is 4.79 Å². The van der Waals surface area contributed by atoms with Crippen LogP contribution in [0.3, 0.4) is 0 Å². The van der Waals surface area contributed by atoms with Crippen LogP contribution in [0.15, 0.2) is 18.2 Å². The largest absolute Gasteiger partial charge is 0.494 e. The Bertz CT molecular complexity index is 505. The molecule has 2 amide bonds. The lowest BCUT2D eigenvalue weighted by Crippen LogP contribution is -2.41. The van der Waals surface area contributed by atoms with Gasteiger partial charge >= 0.3 is 6.03 Å². The first-order valence-electron chi connectivity index (χ1n) is 8.06. The molecule has 0 aliphatic heterocycles. The molecule has 1 aromatic carbocycles. The van der Waals surface area contributed by atoms with E-state index in [0.29, 0.717) is 6.61 Å². The number of aliphatic hydroxyl groups excluding tert-OH is 1. The zero-order valence-corrected chi connectivity index (χ0v) is 13.4. The Kier molecular flexibility index (Phi) is 6.07. The van der Waals surface area contributed by atoms with Crippen LogP contribution in [0.4, 0.5) is 10.5 Å². The van der Waals surface area contributed by atoms with Crippen molar-refractivity contribution in [3.8, 4) is 5.75 Å². The van der Waals surface area contributed by atoms with Crippen molar-refractivity contribution in [1.29, 1.82) is 0 Å². The fourth-order valence-corrected chi connectivity index (χ4v) is 2.86. The second kappa shape index (κ2) is 8.03. The quantitative estimate of drug-likeness (QED) is 0.756. The van der Waals surface area contributed by atoms with Crippen molar-refractivity contribution in [2.75, 3.05) is 18.5 Å². The number of benzene rings is 1. The fourth-order valence-electron chi connectivity index (χ4n) is 2.86. The summed E-state index contributed by atoms with van der Waals surface area (Å²) in [5.41, 5.74) is 1.74. The lowest BCUT2D eigenvalue weighted by atomic mass is 10.1. The molecule has 3 N–H and O–H groups in total. The number of carbonyl (C=O) groups is 1. The number of rotatable bonds is 6. The van der Waals surface area contributed by atoms with Gasteiger partial charge in [-0.2, -0.15) is 0 Å². The molecule has 5 nitrogen and oxygen atoms in total. The van der Waals surface area contributed by atoms with Gasteiger partial charge in [0, 0.05) is 24.3 Å². The molecule has 0 saturated heterocycles. The van der Waals surface area contributed by atoms with E-state index < -0.39 is 0 Å². The molecule has 0 spiro atoms. The molecule has 0 heterocycles. The summed E-state index contributed by atoms with van der Waals surface area (Å²) in [5.74, 6) is 0.998. The topological polar surface area (TPSA) is 70.6 Å². The maximum atomic E-state index is 12.1. The highest BCUT2D eigenvalue weighted by atomic mass is 16.5. The molecule has 1 aromatic rings. The van der Waals surface area contributed by atoms with Gasteiger partial charge in [-0.15, -0.1) is 0 Å². The summed E-state index contributed by atoms with van der Waals surface area (Å²) < 4.78 is 5.58. The Hall–Kier alpha value is -1.75. The fraction of sp³-hybridized carbons (Fsp3) is 0.588. The summed E-state index contributed by atoms with van der Waals surface area (Å²) in [6, 6.07) is 5.51. The summed E-state index contributed by atoms with van der Waals surface area (Å²) in [4.78, 5) is 12.1. The normalized spacial score (nSPS) is 20.7. The maximum absolute atomic E-state index is 12.1. The number of aryl methyl sites for hydroxylation is 1. The van der Waals surface area contributed by atoms with Crippen LogP contribution < -0.4 is 15.4 Å². The van der Waals surface area contributed by atoms with Crippen LogP contribution in [-0.2, 0) is 0 Å². The van der Waals surface area contributed by atoms with Gasteiger partial charge in [-0.1, -0.05) is 13.3 Å². The molecule has 1 saturated carbocycles. The summed E-state index contributed by atoms with van der Waals surface area (Å²) >= 11 is 0. The van der Waals surface area contributed by atoms with Crippen molar-refractivity contribution in [1.82, 2.24) is 5.32 Å². The molecule has 0 bridgehead atoms. The van der Waals surface area contributed by atoms with E-state index in [4.69, 9.17) is 4.74 Å². The third-order valence-corrected chi connectivity index (χ3v) is 4.13. The smallest absolute Gasteiger partial charge is 0.319 e. The Labute approximate surface area is 132 Å². The maximum Gasteiger partial charge on any atom is 0.319 e. The van der Waals surface area contributed by atoms with Crippen molar-refractivity contribution in [2.24, 2.45) is 5.92 Å². The Balaban J connectivity index is 1.91. The first-order chi connectivity index (χ1) is 10.6. The van der Waals surface area contributed by atoms with Crippen LogP contribution in [0.1, 0.15) is 38.2 Å². The van der Waals surface area contributed by atoms with Gasteiger partial charge in [0.2, 0.25) is 0 Å². The van der Waals surface area contributed by atoms with E-state index in [-0.39, 0.29) is 24.6 Å². The van der Waals surface area contributed by atoms with Crippen LogP contribution in [-0.4, -0.2) is 30.4 Å². The molecule has 122 valence electrons. The number of anilines is 1. The number of ether oxygens (including phenoxy) is 1. The standard InChI is InChI=1S/C17H26N2O3/c1-3-9-22-14-7-8-15(12(2)10-14)18-17(21)19-16-6-4-5-13(16)11-20/h7-8,10,13,16,20H,3-6,9,11H2,1-2H3,(H2,18,19,21). The van der Waals surface area contributed by atoms with Gasteiger partial charge in [-0.05, 0) is 49.9 Å². The third-order valence-electron chi connectivity index (χ3n) is 4.13. The summed E-state index contributed by atoms with van der Waals surface area (Å²) in [5, 5.41) is 15.1. The predicted molar refractivity (Wildman–Crippen MR) is 87.3 cm³/mol. The monoisotopic (exact) mass is 306 g/mol. The van der Waals surface area contributed by atoms with Gasteiger partial charge in [0.15, 0.2) is 0 Å². The zero-order chi connectivity index (χ0) is 15.9. The molecule has 1 fully saturated rings. The second-order valence-corrected chi connectivity index (χ2v) is 5.90. The number of hydrogen-bond acceptors (Lipinski definition) is 3. The van der Waals surface area contributed by atoms with E-state index in [9.17, 15) is 9.90 Å². The molecule has 0 radical (unpaired) electrons. The summed E-state index contributed by atoms with van der Waals surface area (Å²) in [7, 11) is 0. The van der Waals surface area contributed by atoms with Gasteiger partial charge < -0.3 is 20.5 Å². The Morgan fingerprint density at radius 1 is 1.41 bits per heavy atom. The van der Waals surface area contributed by atoms with Crippen LogP contribution in [0.5, 0.6) is 5.75 Å². The molecular formula is C17H26N2O3. The van der Waals surface area contributed by atoms with Crippen molar-refractivity contribution >= 4 is 11.7 Å². The van der Waals surface area contributed by atoms with E-state index >= 15 is 0 Å². The SMILES string of the molecule is CCCOc1ccc(NC(=O)NC2CCCC2CO)c(C)c1. The molecule has 1 aliphatic rings. The number of nitrogens with one attached hydrogen (secondary N) is 2. The number of urea groups is 1. The van der Waals surface area contributed by atoms with Gasteiger partial charge in [0.05, 0.1) is 6.61 Å². The molecule has 2 rings (SSSR count). The minimum atomic E-state index is -0.212. The average molecular weight is 306 g/mol. The van der Waals surface area contributed by atoms with Gasteiger partial charge in [0.1, 0.15) is 5.75 Å². The number of carbonyl (C=O) groups excluding carboxylic acids is 1. The van der Waals surface area contributed by atoms with Crippen LogP contribution >= 0.6 is 0 Å². The lowest BCUT2D eigenvalue weighted by molar-refractivity contribution is 0.203. The molecule has 2 atom stereocenters. The minimum Gasteiger partial charge on any atom is -0.494 e. The number of hydrogen-bond donors (Lipinski definition) is 3. The summed E-state index contributed by atoms with van der Waals surface area (Å²) in [6.45, 7) is 4.83. The molecule has 0 aromatic heterocycles. The minimum absolute atomic E-state index is 0.0671. The van der Waals surface area contributed by atoms with E-state index in [1.165, 1.54) is 0 Å². The van der Waals surface area contributed by atoms with Gasteiger partial charge in [-0.3, -0.25) is 0 Å². The van der Waals surface area contributed by atoms with E-state index in [0.717, 1.165) is 42.7 Å².